The molecule has 1 saturated heterocycles. The molecule has 4 heteroatoms. The van der Waals surface area contributed by atoms with Gasteiger partial charge in [0.2, 0.25) is 0 Å². The van der Waals surface area contributed by atoms with Crippen molar-refractivity contribution in [2.45, 2.75) is 51.5 Å². The average Bonchev–Trinajstić information content (AvgIpc) is 2.89. The number of hydrogen-bond acceptors (Lipinski definition) is 2. The highest BCUT2D eigenvalue weighted by atomic mass is 15.2. The lowest BCUT2D eigenvalue weighted by Crippen LogP contribution is -2.43. The van der Waals surface area contributed by atoms with Gasteiger partial charge in [-0.05, 0) is 52.1 Å². The van der Waals surface area contributed by atoms with Crippen molar-refractivity contribution in [2.75, 3.05) is 33.2 Å². The van der Waals surface area contributed by atoms with Gasteiger partial charge in [0.15, 0.2) is 5.96 Å². The van der Waals surface area contributed by atoms with Crippen molar-refractivity contribution in [3.05, 3.63) is 0 Å². The number of nitrogens with one attached hydrogen (secondary N) is 2. The van der Waals surface area contributed by atoms with E-state index in [4.69, 9.17) is 4.99 Å². The molecule has 1 saturated carbocycles. The third-order valence-corrected chi connectivity index (χ3v) is 4.27. The number of hydrogen-bond donors (Lipinski definition) is 2. The third kappa shape index (κ3) is 5.01. The van der Waals surface area contributed by atoms with Crippen LogP contribution in [0.25, 0.3) is 0 Å². The molecule has 19 heavy (non-hydrogen) atoms. The number of nitrogens with zero attached hydrogens (tertiary/aromatic N) is 2. The van der Waals surface area contributed by atoms with Crippen molar-refractivity contribution in [3.8, 4) is 0 Å². The first-order valence-corrected chi connectivity index (χ1v) is 8.01. The van der Waals surface area contributed by atoms with Crippen molar-refractivity contribution in [3.63, 3.8) is 0 Å². The molecule has 2 N–H and O–H groups in total. The molecule has 0 aromatic rings. The van der Waals surface area contributed by atoms with Crippen LogP contribution in [0.15, 0.2) is 4.99 Å². The minimum atomic E-state index is 0.645. The lowest BCUT2D eigenvalue weighted by Gasteiger charge is -2.28. The van der Waals surface area contributed by atoms with Gasteiger partial charge in [-0.25, -0.2) is 0 Å². The lowest BCUT2D eigenvalue weighted by atomic mass is 9.99. The van der Waals surface area contributed by atoms with Crippen LogP contribution >= 0.6 is 0 Å². The zero-order chi connectivity index (χ0) is 13.5. The van der Waals surface area contributed by atoms with Gasteiger partial charge in [-0.3, -0.25) is 4.99 Å². The number of rotatable bonds is 4. The summed E-state index contributed by atoms with van der Waals surface area (Å²) in [5.74, 6) is 1.76. The Hall–Kier alpha value is -0.770. The molecule has 2 aliphatic rings. The first-order valence-electron chi connectivity index (χ1n) is 8.01. The molecule has 1 aliphatic heterocycles. The second kappa shape index (κ2) is 7.73. The Labute approximate surface area is 118 Å². The quantitative estimate of drug-likeness (QED) is 0.602. The van der Waals surface area contributed by atoms with Crippen LogP contribution in [0.5, 0.6) is 0 Å². The Kier molecular flexibility index (Phi) is 5.95. The first-order chi connectivity index (χ1) is 9.28. The molecule has 4 nitrogen and oxygen atoms in total. The van der Waals surface area contributed by atoms with E-state index < -0.39 is 0 Å². The van der Waals surface area contributed by atoms with E-state index in [-0.39, 0.29) is 0 Å². The van der Waals surface area contributed by atoms with E-state index in [1.807, 2.05) is 0 Å². The Morgan fingerprint density at radius 3 is 2.68 bits per heavy atom. The second-order valence-electron chi connectivity index (χ2n) is 6.12. The van der Waals surface area contributed by atoms with Crippen molar-refractivity contribution in [1.29, 1.82) is 0 Å². The van der Waals surface area contributed by atoms with Gasteiger partial charge in [-0.15, -0.1) is 0 Å². The Bertz CT molecular complexity index is 284. The summed E-state index contributed by atoms with van der Waals surface area (Å²) in [6.45, 7) is 6.50. The van der Waals surface area contributed by atoms with Crippen molar-refractivity contribution >= 4 is 5.96 Å². The molecule has 2 fully saturated rings. The van der Waals surface area contributed by atoms with Crippen LogP contribution in [0.1, 0.15) is 45.4 Å². The Morgan fingerprint density at radius 2 is 2.00 bits per heavy atom. The fourth-order valence-electron chi connectivity index (χ4n) is 3.23. The monoisotopic (exact) mass is 266 g/mol. The normalized spacial score (nSPS) is 26.6. The van der Waals surface area contributed by atoms with Crippen LogP contribution in [0, 0.1) is 5.92 Å². The number of likely N-dealkylation sites (tertiary alicyclic amines) is 1. The summed E-state index contributed by atoms with van der Waals surface area (Å²) in [6.07, 6.45) is 7.99. The smallest absolute Gasteiger partial charge is 0.191 e. The van der Waals surface area contributed by atoms with E-state index in [1.165, 1.54) is 51.6 Å². The van der Waals surface area contributed by atoms with Gasteiger partial charge in [0.25, 0.3) is 0 Å². The molecule has 1 atom stereocenters. The first kappa shape index (κ1) is 14.6. The molecule has 2 rings (SSSR count). The molecule has 1 aliphatic carbocycles. The minimum Gasteiger partial charge on any atom is -0.357 e. The summed E-state index contributed by atoms with van der Waals surface area (Å²) in [7, 11) is 2.22. The average molecular weight is 266 g/mol. The van der Waals surface area contributed by atoms with Gasteiger partial charge in [0.05, 0.1) is 0 Å². The fraction of sp³-hybridized carbons (Fsp3) is 0.933. The summed E-state index contributed by atoms with van der Waals surface area (Å²) < 4.78 is 0. The highest BCUT2D eigenvalue weighted by molar-refractivity contribution is 5.80. The van der Waals surface area contributed by atoms with E-state index >= 15 is 0 Å². The fourth-order valence-corrected chi connectivity index (χ4v) is 3.23. The summed E-state index contributed by atoms with van der Waals surface area (Å²) in [5.41, 5.74) is 0. The van der Waals surface area contributed by atoms with Gasteiger partial charge in [-0.1, -0.05) is 12.8 Å². The highest BCUT2D eigenvalue weighted by Gasteiger charge is 2.18. The van der Waals surface area contributed by atoms with E-state index in [9.17, 15) is 0 Å². The third-order valence-electron chi connectivity index (χ3n) is 4.27. The van der Waals surface area contributed by atoms with E-state index in [0.29, 0.717) is 6.04 Å². The van der Waals surface area contributed by atoms with Crippen molar-refractivity contribution in [2.24, 2.45) is 10.9 Å². The van der Waals surface area contributed by atoms with Gasteiger partial charge in [0, 0.05) is 25.7 Å². The maximum Gasteiger partial charge on any atom is 0.191 e. The Balaban J connectivity index is 1.80. The summed E-state index contributed by atoms with van der Waals surface area (Å²) >= 11 is 0. The molecule has 1 unspecified atom stereocenters. The lowest BCUT2D eigenvalue weighted by molar-refractivity contribution is 0.214. The van der Waals surface area contributed by atoms with Crippen LogP contribution < -0.4 is 10.6 Å². The molecule has 0 aromatic heterocycles. The molecule has 1 heterocycles. The molecular weight excluding hydrogens is 236 g/mol. The second-order valence-corrected chi connectivity index (χ2v) is 6.12. The van der Waals surface area contributed by atoms with Crippen LogP contribution in [-0.2, 0) is 0 Å². The summed E-state index contributed by atoms with van der Waals surface area (Å²) in [4.78, 5) is 7.23. The van der Waals surface area contributed by atoms with Gasteiger partial charge < -0.3 is 15.5 Å². The van der Waals surface area contributed by atoms with Crippen LogP contribution in [0.4, 0.5) is 0 Å². The predicted octanol–water partition coefficient (Wildman–Crippen LogP) is 1.83. The van der Waals surface area contributed by atoms with E-state index in [0.717, 1.165) is 25.0 Å². The number of aliphatic imine (C=N–C) groups is 1. The predicted molar refractivity (Wildman–Crippen MR) is 81.6 cm³/mol. The highest BCUT2D eigenvalue weighted by Crippen LogP contribution is 2.18. The molecule has 0 aromatic carbocycles. The molecule has 110 valence electrons. The Morgan fingerprint density at radius 1 is 1.21 bits per heavy atom. The molecule has 0 radical (unpaired) electrons. The summed E-state index contributed by atoms with van der Waals surface area (Å²) in [5, 5.41) is 6.98. The van der Waals surface area contributed by atoms with Gasteiger partial charge in [0.1, 0.15) is 0 Å². The topological polar surface area (TPSA) is 39.7 Å². The van der Waals surface area contributed by atoms with Gasteiger partial charge >= 0.3 is 0 Å². The standard InChI is InChI=1S/C15H30N4/c1-3-16-15(18-14-8-4-5-9-14)17-11-13-7-6-10-19(2)12-13/h13-14H,3-12H2,1-2H3,(H2,16,17,18). The largest absolute Gasteiger partial charge is 0.357 e. The number of piperidine rings is 1. The summed E-state index contributed by atoms with van der Waals surface area (Å²) in [6, 6.07) is 0.645. The molecule has 0 amide bonds. The SMILES string of the molecule is CCNC(=NCC1CCCN(C)C1)NC1CCCC1. The van der Waals surface area contributed by atoms with Crippen molar-refractivity contribution in [1.82, 2.24) is 15.5 Å². The van der Waals surface area contributed by atoms with Crippen LogP contribution in [-0.4, -0.2) is 50.1 Å². The maximum atomic E-state index is 4.80. The van der Waals surface area contributed by atoms with Gasteiger partial charge in [-0.2, -0.15) is 0 Å². The van der Waals surface area contributed by atoms with E-state index in [1.54, 1.807) is 0 Å². The number of guanidine groups is 1. The molecule has 0 spiro atoms. The molecular formula is C15H30N4. The van der Waals surface area contributed by atoms with E-state index in [2.05, 4.69) is 29.5 Å². The van der Waals surface area contributed by atoms with Crippen LogP contribution in [0.3, 0.4) is 0 Å². The zero-order valence-electron chi connectivity index (χ0n) is 12.6. The van der Waals surface area contributed by atoms with Crippen LogP contribution in [0.2, 0.25) is 0 Å². The minimum absolute atomic E-state index is 0.645. The van der Waals surface area contributed by atoms with Crippen molar-refractivity contribution < 1.29 is 0 Å². The maximum absolute atomic E-state index is 4.80. The molecule has 0 bridgehead atoms. The zero-order valence-corrected chi connectivity index (χ0v) is 12.6.